The zero-order valence-corrected chi connectivity index (χ0v) is 19.7. The van der Waals surface area contributed by atoms with Crippen LogP contribution in [0.3, 0.4) is 0 Å². The van der Waals surface area contributed by atoms with Crippen molar-refractivity contribution in [3.63, 3.8) is 0 Å². The predicted octanol–water partition coefficient (Wildman–Crippen LogP) is 4.35. The first kappa shape index (κ1) is 21.0. The van der Waals surface area contributed by atoms with Gasteiger partial charge in [-0.25, -0.2) is 15.0 Å². The van der Waals surface area contributed by atoms with Gasteiger partial charge in [0.1, 0.15) is 11.0 Å². The summed E-state index contributed by atoms with van der Waals surface area (Å²) in [7, 11) is 0. The number of nitrogens with zero attached hydrogens (tertiary/aromatic N) is 6. The molecule has 0 unspecified atom stereocenters. The monoisotopic (exact) mass is 463 g/mol. The molecule has 0 saturated carbocycles. The van der Waals surface area contributed by atoms with Crippen LogP contribution in [0.5, 0.6) is 0 Å². The molecule has 9 nitrogen and oxygen atoms in total. The summed E-state index contributed by atoms with van der Waals surface area (Å²) < 4.78 is 1.98. The summed E-state index contributed by atoms with van der Waals surface area (Å²) in [6.07, 6.45) is 9.83. The quantitative estimate of drug-likeness (QED) is 0.359. The third-order valence-corrected chi connectivity index (χ3v) is 5.82. The van der Waals surface area contributed by atoms with E-state index in [1.807, 2.05) is 54.2 Å². The summed E-state index contributed by atoms with van der Waals surface area (Å²) in [5.41, 5.74) is 8.82. The Morgan fingerprint density at radius 1 is 1.06 bits per heavy atom. The van der Waals surface area contributed by atoms with Gasteiger partial charge in [0, 0.05) is 24.0 Å². The summed E-state index contributed by atoms with van der Waals surface area (Å²) in [6, 6.07) is 10.4. The minimum Gasteiger partial charge on any atom is -0.382 e. The van der Waals surface area contributed by atoms with Crippen LogP contribution in [0.2, 0.25) is 0 Å². The number of fused-ring (bicyclic) bond motifs is 2. The Hall–Kier alpha value is -4.53. The standard InChI is InChI=1S/C26H25N9/c1-15(2)29-18-11-17(9-10-27-12-18)19-7-8-21-24(30-19)25(34-33-21)26-31-20-5-4-6-22(23(20)32-26)35-13-16(3)28-14-35/h4-9,11-15,29H,10H2,1-3H3,(H,31,32)(H,33,34). The number of pyridine rings is 1. The number of benzene rings is 1. The predicted molar refractivity (Wildman–Crippen MR) is 139 cm³/mol. The van der Waals surface area contributed by atoms with E-state index in [0.717, 1.165) is 50.4 Å². The zero-order valence-electron chi connectivity index (χ0n) is 19.7. The van der Waals surface area contributed by atoms with Crippen molar-refractivity contribution in [1.82, 2.24) is 40.0 Å². The minimum absolute atomic E-state index is 0.312. The number of aromatic amines is 2. The van der Waals surface area contributed by atoms with Crippen LogP contribution >= 0.6 is 0 Å². The summed E-state index contributed by atoms with van der Waals surface area (Å²) in [4.78, 5) is 22.1. The zero-order chi connectivity index (χ0) is 23.9. The molecule has 35 heavy (non-hydrogen) atoms. The Labute approximate surface area is 201 Å². The first-order chi connectivity index (χ1) is 17.0. The maximum atomic E-state index is 4.98. The molecular formula is C26H25N9. The van der Waals surface area contributed by atoms with Gasteiger partial charge in [0.2, 0.25) is 0 Å². The normalized spacial score (nSPS) is 13.9. The number of hydrogen-bond acceptors (Lipinski definition) is 6. The lowest BCUT2D eigenvalue weighted by Crippen LogP contribution is -2.22. The average Bonchev–Trinajstić information content (AvgIpc) is 3.53. The second-order valence-electron chi connectivity index (χ2n) is 8.90. The molecule has 3 N–H and O–H groups in total. The van der Waals surface area contributed by atoms with Gasteiger partial charge in [-0.1, -0.05) is 12.1 Å². The molecule has 0 atom stereocenters. The molecule has 9 heteroatoms. The molecular weight excluding hydrogens is 438 g/mol. The fraction of sp³-hybridized carbons (Fsp3) is 0.192. The Kier molecular flexibility index (Phi) is 5.02. The van der Waals surface area contributed by atoms with Crippen LogP contribution in [0.15, 0.2) is 65.7 Å². The highest BCUT2D eigenvalue weighted by Crippen LogP contribution is 2.29. The Morgan fingerprint density at radius 2 is 1.97 bits per heavy atom. The maximum absolute atomic E-state index is 4.98. The third kappa shape index (κ3) is 3.90. The molecule has 5 heterocycles. The molecule has 5 aromatic rings. The first-order valence-corrected chi connectivity index (χ1v) is 11.6. The van der Waals surface area contributed by atoms with Crippen LogP contribution < -0.4 is 5.32 Å². The molecule has 0 fully saturated rings. The number of rotatable bonds is 5. The number of para-hydroxylation sites is 1. The molecule has 1 aliphatic heterocycles. The largest absolute Gasteiger partial charge is 0.382 e. The molecule has 0 aliphatic carbocycles. The van der Waals surface area contributed by atoms with E-state index in [9.17, 15) is 0 Å². The maximum Gasteiger partial charge on any atom is 0.161 e. The van der Waals surface area contributed by atoms with E-state index >= 15 is 0 Å². The van der Waals surface area contributed by atoms with Crippen molar-refractivity contribution in [2.75, 3.05) is 6.54 Å². The van der Waals surface area contributed by atoms with Gasteiger partial charge in [-0.2, -0.15) is 5.10 Å². The van der Waals surface area contributed by atoms with Crippen molar-refractivity contribution in [3.8, 4) is 17.2 Å². The second-order valence-corrected chi connectivity index (χ2v) is 8.90. The number of imidazole rings is 2. The van der Waals surface area contributed by atoms with Crippen LogP contribution in [-0.4, -0.2) is 53.5 Å². The van der Waals surface area contributed by atoms with Gasteiger partial charge in [0.25, 0.3) is 0 Å². The number of aryl methyl sites for hydroxylation is 1. The van der Waals surface area contributed by atoms with Gasteiger partial charge in [-0.3, -0.25) is 10.1 Å². The number of aromatic nitrogens is 7. The first-order valence-electron chi connectivity index (χ1n) is 11.6. The molecule has 0 amide bonds. The lowest BCUT2D eigenvalue weighted by Gasteiger charge is -2.10. The average molecular weight is 464 g/mol. The van der Waals surface area contributed by atoms with Gasteiger partial charge < -0.3 is 14.9 Å². The van der Waals surface area contributed by atoms with E-state index < -0.39 is 0 Å². The fourth-order valence-electron chi connectivity index (χ4n) is 4.27. The van der Waals surface area contributed by atoms with Crippen molar-refractivity contribution in [2.24, 2.45) is 4.99 Å². The lowest BCUT2D eigenvalue weighted by molar-refractivity contribution is 0.689. The Balaban J connectivity index is 1.43. The number of hydrogen-bond donors (Lipinski definition) is 3. The SMILES string of the molecule is Cc1cn(-c2cccc3[nH]c(-c4n[nH]c5ccc(C6=CCN=CC(NC(C)C)=C6)nc45)nc23)cn1. The third-order valence-electron chi connectivity index (χ3n) is 5.82. The van der Waals surface area contributed by atoms with Crippen LogP contribution in [0.1, 0.15) is 25.2 Å². The van der Waals surface area contributed by atoms with E-state index in [1.54, 1.807) is 6.33 Å². The molecule has 0 spiro atoms. The number of allylic oxidation sites excluding steroid dienone is 3. The van der Waals surface area contributed by atoms with Crippen molar-refractivity contribution >= 4 is 33.9 Å². The minimum atomic E-state index is 0.312. The summed E-state index contributed by atoms with van der Waals surface area (Å²) in [5.74, 6) is 0.663. The Bertz CT molecular complexity index is 1640. The van der Waals surface area contributed by atoms with E-state index in [0.29, 0.717) is 24.1 Å². The molecule has 0 bridgehead atoms. The van der Waals surface area contributed by atoms with Gasteiger partial charge in [-0.15, -0.1) is 0 Å². The van der Waals surface area contributed by atoms with Gasteiger partial charge in [-0.05, 0) is 51.1 Å². The van der Waals surface area contributed by atoms with E-state index in [2.05, 4.69) is 56.5 Å². The number of nitrogens with one attached hydrogen (secondary N) is 3. The smallest absolute Gasteiger partial charge is 0.161 e. The molecule has 1 aliphatic rings. The molecule has 1 aromatic carbocycles. The van der Waals surface area contributed by atoms with Gasteiger partial charge in [0.05, 0.1) is 46.7 Å². The molecule has 0 saturated heterocycles. The highest BCUT2D eigenvalue weighted by atomic mass is 15.2. The molecule has 0 radical (unpaired) electrons. The summed E-state index contributed by atoms with van der Waals surface area (Å²) in [5, 5.41) is 11.1. The topological polar surface area (TPSA) is 112 Å². The van der Waals surface area contributed by atoms with Crippen molar-refractivity contribution in [2.45, 2.75) is 26.8 Å². The van der Waals surface area contributed by atoms with Crippen LogP contribution in [0.25, 0.3) is 44.8 Å². The molecule has 4 aromatic heterocycles. The van der Waals surface area contributed by atoms with Crippen LogP contribution in [-0.2, 0) is 0 Å². The summed E-state index contributed by atoms with van der Waals surface area (Å²) >= 11 is 0. The lowest BCUT2D eigenvalue weighted by atomic mass is 10.1. The molecule has 6 rings (SSSR count). The van der Waals surface area contributed by atoms with Crippen molar-refractivity contribution < 1.29 is 0 Å². The van der Waals surface area contributed by atoms with E-state index in [1.165, 1.54) is 0 Å². The molecule has 174 valence electrons. The van der Waals surface area contributed by atoms with Gasteiger partial charge in [0.15, 0.2) is 11.5 Å². The van der Waals surface area contributed by atoms with Crippen molar-refractivity contribution in [3.05, 3.63) is 72.1 Å². The van der Waals surface area contributed by atoms with Crippen LogP contribution in [0, 0.1) is 6.92 Å². The van der Waals surface area contributed by atoms with Crippen LogP contribution in [0.4, 0.5) is 0 Å². The number of H-pyrrole nitrogens is 2. The van der Waals surface area contributed by atoms with Gasteiger partial charge >= 0.3 is 0 Å². The number of aliphatic imine (C=N–C) groups is 1. The second kappa shape index (κ2) is 8.35. The highest BCUT2D eigenvalue weighted by Gasteiger charge is 2.17. The van der Waals surface area contributed by atoms with Crippen molar-refractivity contribution in [1.29, 1.82) is 0 Å². The highest BCUT2D eigenvalue weighted by molar-refractivity contribution is 5.94. The fourth-order valence-corrected chi connectivity index (χ4v) is 4.27. The van der Waals surface area contributed by atoms with E-state index in [4.69, 9.17) is 9.97 Å². The summed E-state index contributed by atoms with van der Waals surface area (Å²) in [6.45, 7) is 6.79. The van der Waals surface area contributed by atoms with E-state index in [-0.39, 0.29) is 0 Å². The Morgan fingerprint density at radius 3 is 2.80 bits per heavy atom.